The summed E-state index contributed by atoms with van der Waals surface area (Å²) in [6.45, 7) is 5.86. The third-order valence-corrected chi connectivity index (χ3v) is 5.42. The van der Waals surface area contributed by atoms with Gasteiger partial charge in [0.15, 0.2) is 0 Å². The predicted octanol–water partition coefficient (Wildman–Crippen LogP) is 3.25. The molecule has 2 rings (SSSR count). The van der Waals surface area contributed by atoms with Crippen molar-refractivity contribution in [3.8, 4) is 0 Å². The third-order valence-electron chi connectivity index (χ3n) is 5.42. The zero-order valence-electron chi connectivity index (χ0n) is 15.9. The Morgan fingerprint density at radius 3 is 2.69 bits per heavy atom. The van der Waals surface area contributed by atoms with Gasteiger partial charge in [-0.25, -0.2) is 4.39 Å². The molecule has 1 N–H and O–H groups in total. The van der Waals surface area contributed by atoms with Crippen molar-refractivity contribution in [1.29, 1.82) is 0 Å². The van der Waals surface area contributed by atoms with E-state index in [0.29, 0.717) is 25.7 Å². The Kier molecular flexibility index (Phi) is 6.37. The van der Waals surface area contributed by atoms with Gasteiger partial charge in [-0.05, 0) is 57.1 Å². The SMILES string of the molecule is CCC1(CCCCn2cccc(C(=O)N[C@@H](C)C=O)c2=O)CC(C)(F)C1. The van der Waals surface area contributed by atoms with E-state index in [4.69, 9.17) is 0 Å². The quantitative estimate of drug-likeness (QED) is 0.540. The van der Waals surface area contributed by atoms with Gasteiger partial charge in [0.1, 0.15) is 17.5 Å². The Hall–Kier alpha value is -1.98. The number of unbranched alkanes of at least 4 members (excludes halogenated alkanes) is 1. The molecule has 1 heterocycles. The van der Waals surface area contributed by atoms with E-state index in [-0.39, 0.29) is 16.5 Å². The van der Waals surface area contributed by atoms with Crippen LogP contribution in [0.15, 0.2) is 23.1 Å². The van der Waals surface area contributed by atoms with E-state index in [1.165, 1.54) is 10.6 Å². The van der Waals surface area contributed by atoms with Gasteiger partial charge in [0, 0.05) is 12.7 Å². The number of aldehydes is 1. The highest BCUT2D eigenvalue weighted by Crippen LogP contribution is 2.55. The van der Waals surface area contributed by atoms with Crippen LogP contribution in [0.2, 0.25) is 0 Å². The van der Waals surface area contributed by atoms with Crippen molar-refractivity contribution in [2.24, 2.45) is 5.41 Å². The van der Waals surface area contributed by atoms with Crippen molar-refractivity contribution < 1.29 is 14.0 Å². The topological polar surface area (TPSA) is 68.2 Å². The highest BCUT2D eigenvalue weighted by molar-refractivity contribution is 5.95. The number of hydrogen-bond acceptors (Lipinski definition) is 3. The Balaban J connectivity index is 1.90. The molecule has 1 saturated carbocycles. The fourth-order valence-corrected chi connectivity index (χ4v) is 4.10. The molecule has 1 aromatic rings. The predicted molar refractivity (Wildman–Crippen MR) is 99.0 cm³/mol. The van der Waals surface area contributed by atoms with Crippen LogP contribution < -0.4 is 10.9 Å². The van der Waals surface area contributed by atoms with Crippen molar-refractivity contribution in [3.63, 3.8) is 0 Å². The molecule has 0 spiro atoms. The molecule has 0 bridgehead atoms. The fraction of sp³-hybridized carbons (Fsp3) is 0.650. The first-order valence-electron chi connectivity index (χ1n) is 9.36. The summed E-state index contributed by atoms with van der Waals surface area (Å²) in [5, 5.41) is 2.48. The van der Waals surface area contributed by atoms with E-state index < -0.39 is 17.6 Å². The summed E-state index contributed by atoms with van der Waals surface area (Å²) < 4.78 is 15.4. The smallest absolute Gasteiger partial charge is 0.263 e. The molecule has 5 nitrogen and oxygen atoms in total. The van der Waals surface area contributed by atoms with Crippen molar-refractivity contribution >= 4 is 12.2 Å². The summed E-state index contributed by atoms with van der Waals surface area (Å²) in [5.41, 5.74) is -1.22. The number of nitrogens with one attached hydrogen (secondary N) is 1. The monoisotopic (exact) mass is 364 g/mol. The maximum absolute atomic E-state index is 13.8. The van der Waals surface area contributed by atoms with E-state index in [9.17, 15) is 18.8 Å². The van der Waals surface area contributed by atoms with Crippen LogP contribution >= 0.6 is 0 Å². The summed E-state index contributed by atoms with van der Waals surface area (Å²) in [6.07, 6.45) is 7.22. The van der Waals surface area contributed by atoms with Crippen molar-refractivity contribution in [1.82, 2.24) is 9.88 Å². The van der Waals surface area contributed by atoms with E-state index in [0.717, 1.165) is 25.7 Å². The summed E-state index contributed by atoms with van der Waals surface area (Å²) in [4.78, 5) is 35.2. The number of nitrogens with zero attached hydrogens (tertiary/aromatic N) is 1. The number of aryl methyl sites for hydroxylation is 1. The number of amides is 1. The largest absolute Gasteiger partial charge is 0.343 e. The summed E-state index contributed by atoms with van der Waals surface area (Å²) in [6, 6.07) is 2.49. The lowest BCUT2D eigenvalue weighted by Gasteiger charge is -2.50. The van der Waals surface area contributed by atoms with Gasteiger partial charge in [0.05, 0.1) is 6.04 Å². The first kappa shape index (κ1) is 20.3. The van der Waals surface area contributed by atoms with E-state index in [1.807, 2.05) is 0 Å². The van der Waals surface area contributed by atoms with Crippen LogP contribution in [0.3, 0.4) is 0 Å². The van der Waals surface area contributed by atoms with Crippen molar-refractivity contribution in [2.45, 2.75) is 77.6 Å². The second-order valence-electron chi connectivity index (χ2n) is 7.90. The van der Waals surface area contributed by atoms with Crippen LogP contribution in [0.25, 0.3) is 0 Å². The van der Waals surface area contributed by atoms with Gasteiger partial charge in [-0.1, -0.05) is 19.8 Å². The molecule has 1 fully saturated rings. The Morgan fingerprint density at radius 1 is 1.42 bits per heavy atom. The number of carbonyl (C=O) groups is 2. The van der Waals surface area contributed by atoms with E-state index in [2.05, 4.69) is 12.2 Å². The van der Waals surface area contributed by atoms with Gasteiger partial charge < -0.3 is 14.7 Å². The molecule has 0 unspecified atom stereocenters. The van der Waals surface area contributed by atoms with Gasteiger partial charge in [0.2, 0.25) is 0 Å². The Labute approximate surface area is 154 Å². The van der Waals surface area contributed by atoms with Gasteiger partial charge in [-0.15, -0.1) is 0 Å². The number of alkyl halides is 1. The molecule has 1 aliphatic carbocycles. The van der Waals surface area contributed by atoms with Crippen molar-refractivity contribution in [2.75, 3.05) is 0 Å². The fourth-order valence-electron chi connectivity index (χ4n) is 4.10. The minimum Gasteiger partial charge on any atom is -0.343 e. The zero-order valence-corrected chi connectivity index (χ0v) is 15.9. The Morgan fingerprint density at radius 2 is 2.12 bits per heavy atom. The van der Waals surface area contributed by atoms with Crippen LogP contribution in [-0.4, -0.2) is 28.5 Å². The number of rotatable bonds is 9. The lowest BCUT2D eigenvalue weighted by atomic mass is 9.57. The van der Waals surface area contributed by atoms with Gasteiger partial charge in [-0.2, -0.15) is 0 Å². The molecule has 1 atom stereocenters. The lowest BCUT2D eigenvalue weighted by molar-refractivity contribution is -0.109. The molecule has 6 heteroatoms. The molecule has 26 heavy (non-hydrogen) atoms. The molecule has 1 amide bonds. The second-order valence-corrected chi connectivity index (χ2v) is 7.90. The Bertz CT molecular complexity index is 703. The van der Waals surface area contributed by atoms with Crippen LogP contribution in [0.1, 0.15) is 69.7 Å². The van der Waals surface area contributed by atoms with Crippen LogP contribution in [0, 0.1) is 5.41 Å². The number of hydrogen-bond donors (Lipinski definition) is 1. The molecule has 144 valence electrons. The molecule has 0 aromatic carbocycles. The second kappa shape index (κ2) is 8.14. The minimum absolute atomic E-state index is 0.0402. The van der Waals surface area contributed by atoms with E-state index in [1.54, 1.807) is 26.1 Å². The van der Waals surface area contributed by atoms with Gasteiger partial charge in [0.25, 0.3) is 11.5 Å². The minimum atomic E-state index is -1.02. The summed E-state index contributed by atoms with van der Waals surface area (Å²) >= 11 is 0. The highest BCUT2D eigenvalue weighted by atomic mass is 19.1. The average molecular weight is 364 g/mol. The molecule has 0 saturated heterocycles. The first-order chi connectivity index (χ1) is 12.2. The van der Waals surface area contributed by atoms with Crippen molar-refractivity contribution in [3.05, 3.63) is 34.2 Å². The summed E-state index contributed by atoms with van der Waals surface area (Å²) in [5.74, 6) is -0.536. The van der Waals surface area contributed by atoms with Gasteiger partial charge in [-0.3, -0.25) is 9.59 Å². The molecular formula is C20H29FN2O3. The maximum atomic E-state index is 13.8. The van der Waals surface area contributed by atoms with Crippen LogP contribution in [-0.2, 0) is 11.3 Å². The number of halogens is 1. The third kappa shape index (κ3) is 4.80. The molecular weight excluding hydrogens is 335 g/mol. The summed E-state index contributed by atoms with van der Waals surface area (Å²) in [7, 11) is 0. The maximum Gasteiger partial charge on any atom is 0.263 e. The van der Waals surface area contributed by atoms with Gasteiger partial charge >= 0.3 is 0 Å². The standard InChI is InChI=1S/C20H29FN2O3/c1-4-20(13-19(3,21)14-20)9-5-6-10-23-11-7-8-16(18(23)26)17(25)22-15(2)12-24/h7-8,11-12,15H,4-6,9-10,13-14H2,1-3H3,(H,22,25)/t15-,19?,20?/m0/s1. The number of pyridine rings is 1. The molecule has 0 aliphatic heterocycles. The average Bonchev–Trinajstić information content (AvgIpc) is 2.57. The normalized spacial score (nSPS) is 26.0. The molecule has 1 aromatic heterocycles. The van der Waals surface area contributed by atoms with Crippen LogP contribution in [0.4, 0.5) is 4.39 Å². The lowest BCUT2D eigenvalue weighted by Crippen LogP contribution is -2.46. The van der Waals surface area contributed by atoms with Crippen LogP contribution in [0.5, 0.6) is 0 Å². The first-order valence-corrected chi connectivity index (χ1v) is 9.36. The number of aromatic nitrogens is 1. The molecule has 0 radical (unpaired) electrons. The highest BCUT2D eigenvalue weighted by Gasteiger charge is 2.50. The number of carbonyl (C=O) groups excluding carboxylic acids is 2. The molecule has 1 aliphatic rings. The zero-order chi connectivity index (χ0) is 19.4. The van der Waals surface area contributed by atoms with E-state index >= 15 is 0 Å².